The lowest BCUT2D eigenvalue weighted by Crippen LogP contribution is -2.38. The molecule has 0 spiro atoms. The summed E-state index contributed by atoms with van der Waals surface area (Å²) in [6, 6.07) is 0.402. The Bertz CT molecular complexity index is 177. The summed E-state index contributed by atoms with van der Waals surface area (Å²) in [6.45, 7) is 9.19. The van der Waals surface area contributed by atoms with Gasteiger partial charge in [-0.05, 0) is 36.3 Å². The molecule has 2 N–H and O–H groups in total. The first-order valence-corrected chi connectivity index (χ1v) is 6.85. The topological polar surface area (TPSA) is 26.0 Å². The lowest BCUT2D eigenvalue weighted by Gasteiger charge is -2.26. The fourth-order valence-corrected chi connectivity index (χ4v) is 3.78. The fourth-order valence-electron chi connectivity index (χ4n) is 2.01. The second kappa shape index (κ2) is 4.89. The number of hydrogen-bond acceptors (Lipinski definition) is 2. The Balaban J connectivity index is 2.27. The lowest BCUT2D eigenvalue weighted by molar-refractivity contribution is 0.334. The highest BCUT2D eigenvalue weighted by Gasteiger charge is 2.39. The third kappa shape index (κ3) is 3.16. The smallest absolute Gasteiger partial charge is 0.0211 e. The molecule has 1 nitrogen and oxygen atoms in total. The summed E-state index contributed by atoms with van der Waals surface area (Å²) in [5.74, 6) is 2.11. The molecule has 2 unspecified atom stereocenters. The summed E-state index contributed by atoms with van der Waals surface area (Å²) in [5, 5.41) is 0.712. The van der Waals surface area contributed by atoms with E-state index in [0.717, 1.165) is 5.92 Å². The summed E-state index contributed by atoms with van der Waals surface area (Å²) in [7, 11) is 0. The molecule has 1 rings (SSSR count). The first kappa shape index (κ1) is 12.4. The van der Waals surface area contributed by atoms with Crippen LogP contribution in [0, 0.1) is 11.3 Å². The van der Waals surface area contributed by atoms with E-state index in [9.17, 15) is 0 Å². The van der Waals surface area contributed by atoms with Gasteiger partial charge >= 0.3 is 0 Å². The van der Waals surface area contributed by atoms with E-state index in [-0.39, 0.29) is 0 Å². The minimum Gasteiger partial charge on any atom is -0.326 e. The molecule has 1 aliphatic rings. The van der Waals surface area contributed by atoms with Crippen molar-refractivity contribution in [1.29, 1.82) is 0 Å². The number of hydrogen-bond donors (Lipinski definition) is 1. The normalized spacial score (nSPS) is 31.3. The summed E-state index contributed by atoms with van der Waals surface area (Å²) < 4.78 is 0. The minimum atomic E-state index is 0.371. The third-order valence-corrected chi connectivity index (χ3v) is 4.83. The first-order chi connectivity index (χ1) is 6.43. The summed E-state index contributed by atoms with van der Waals surface area (Å²) >= 11 is 2.10. The monoisotopic (exact) mass is 215 g/mol. The van der Waals surface area contributed by atoms with E-state index in [2.05, 4.69) is 39.5 Å². The van der Waals surface area contributed by atoms with Gasteiger partial charge < -0.3 is 5.73 Å². The maximum atomic E-state index is 6.25. The molecule has 2 atom stereocenters. The van der Waals surface area contributed by atoms with E-state index >= 15 is 0 Å². The van der Waals surface area contributed by atoms with Crippen LogP contribution in [0.4, 0.5) is 0 Å². The van der Waals surface area contributed by atoms with Crippen LogP contribution in [-0.2, 0) is 0 Å². The van der Waals surface area contributed by atoms with Gasteiger partial charge in [-0.2, -0.15) is 11.8 Å². The summed E-state index contributed by atoms with van der Waals surface area (Å²) in [4.78, 5) is 0. The second-order valence-electron chi connectivity index (χ2n) is 5.64. The maximum Gasteiger partial charge on any atom is 0.0211 e. The number of nitrogens with two attached hydrogens (primary N) is 1. The third-order valence-electron chi connectivity index (χ3n) is 3.40. The SMILES string of the molecule is CC(C)CCSC1CCC(C)(C)C1N. The van der Waals surface area contributed by atoms with E-state index in [1.807, 2.05) is 0 Å². The van der Waals surface area contributed by atoms with E-state index in [1.165, 1.54) is 25.0 Å². The average molecular weight is 215 g/mol. The molecular formula is C12H25NS. The lowest BCUT2D eigenvalue weighted by atomic mass is 9.88. The van der Waals surface area contributed by atoms with Gasteiger partial charge in [0.1, 0.15) is 0 Å². The average Bonchev–Trinajstić information content (AvgIpc) is 2.31. The second-order valence-corrected chi connectivity index (χ2v) is 6.99. The first-order valence-electron chi connectivity index (χ1n) is 5.80. The zero-order valence-corrected chi connectivity index (χ0v) is 10.9. The molecule has 0 amide bonds. The Kier molecular flexibility index (Phi) is 4.32. The van der Waals surface area contributed by atoms with Crippen molar-refractivity contribution >= 4 is 11.8 Å². The van der Waals surface area contributed by atoms with Crippen molar-refractivity contribution < 1.29 is 0 Å². The highest BCUT2D eigenvalue weighted by Crippen LogP contribution is 2.41. The van der Waals surface area contributed by atoms with Crippen LogP contribution in [-0.4, -0.2) is 17.0 Å². The predicted octanol–water partition coefficient (Wildman–Crippen LogP) is 3.28. The van der Waals surface area contributed by atoms with Crippen LogP contribution in [0.25, 0.3) is 0 Å². The predicted molar refractivity (Wildman–Crippen MR) is 66.7 cm³/mol. The van der Waals surface area contributed by atoms with Crippen LogP contribution in [0.1, 0.15) is 47.0 Å². The van der Waals surface area contributed by atoms with Gasteiger partial charge in [-0.1, -0.05) is 27.7 Å². The van der Waals surface area contributed by atoms with Crippen molar-refractivity contribution in [2.75, 3.05) is 5.75 Å². The zero-order valence-electron chi connectivity index (χ0n) is 10.0. The molecule has 0 aromatic rings. The zero-order chi connectivity index (χ0) is 10.8. The van der Waals surface area contributed by atoms with Crippen molar-refractivity contribution in [3.63, 3.8) is 0 Å². The molecule has 0 bridgehead atoms. The van der Waals surface area contributed by atoms with Gasteiger partial charge in [-0.25, -0.2) is 0 Å². The molecule has 0 saturated heterocycles. The van der Waals surface area contributed by atoms with Crippen molar-refractivity contribution in [2.24, 2.45) is 17.1 Å². The van der Waals surface area contributed by atoms with Crippen LogP contribution < -0.4 is 5.73 Å². The van der Waals surface area contributed by atoms with Gasteiger partial charge in [0.15, 0.2) is 0 Å². The van der Waals surface area contributed by atoms with Gasteiger partial charge in [-0.15, -0.1) is 0 Å². The molecule has 2 heteroatoms. The van der Waals surface area contributed by atoms with Crippen molar-refractivity contribution in [3.8, 4) is 0 Å². The van der Waals surface area contributed by atoms with E-state index < -0.39 is 0 Å². The minimum absolute atomic E-state index is 0.371. The van der Waals surface area contributed by atoms with Crippen molar-refractivity contribution in [2.45, 2.75) is 58.2 Å². The summed E-state index contributed by atoms with van der Waals surface area (Å²) in [6.07, 6.45) is 3.94. The molecule has 0 heterocycles. The Morgan fingerprint density at radius 2 is 2.07 bits per heavy atom. The quantitative estimate of drug-likeness (QED) is 0.779. The molecule has 0 radical (unpaired) electrons. The van der Waals surface area contributed by atoms with Crippen LogP contribution in [0.5, 0.6) is 0 Å². The van der Waals surface area contributed by atoms with Crippen molar-refractivity contribution in [1.82, 2.24) is 0 Å². The fraction of sp³-hybridized carbons (Fsp3) is 1.00. The molecule has 1 saturated carbocycles. The van der Waals surface area contributed by atoms with Crippen LogP contribution in [0.15, 0.2) is 0 Å². The van der Waals surface area contributed by atoms with Gasteiger partial charge in [0.25, 0.3) is 0 Å². The molecule has 0 aromatic carbocycles. The summed E-state index contributed by atoms with van der Waals surface area (Å²) in [5.41, 5.74) is 6.62. The van der Waals surface area contributed by atoms with Gasteiger partial charge in [-0.3, -0.25) is 0 Å². The molecule has 0 aliphatic heterocycles. The van der Waals surface area contributed by atoms with E-state index in [0.29, 0.717) is 16.7 Å². The Morgan fingerprint density at radius 1 is 1.43 bits per heavy atom. The Morgan fingerprint density at radius 3 is 2.50 bits per heavy atom. The van der Waals surface area contributed by atoms with Gasteiger partial charge in [0.2, 0.25) is 0 Å². The molecule has 0 aromatic heterocycles. The number of rotatable bonds is 4. The van der Waals surface area contributed by atoms with Crippen LogP contribution in [0.3, 0.4) is 0 Å². The van der Waals surface area contributed by atoms with Crippen molar-refractivity contribution in [3.05, 3.63) is 0 Å². The van der Waals surface area contributed by atoms with Gasteiger partial charge in [0, 0.05) is 11.3 Å². The molecule has 84 valence electrons. The largest absolute Gasteiger partial charge is 0.326 e. The molecule has 1 fully saturated rings. The standard InChI is InChI=1S/C12H25NS/c1-9(2)6-8-14-10-5-7-12(3,4)11(10)13/h9-11H,5-8,13H2,1-4H3. The van der Waals surface area contributed by atoms with E-state index in [1.54, 1.807) is 0 Å². The number of thioether (sulfide) groups is 1. The molecular weight excluding hydrogens is 190 g/mol. The van der Waals surface area contributed by atoms with Crippen LogP contribution in [0.2, 0.25) is 0 Å². The Labute approximate surface area is 93.2 Å². The van der Waals surface area contributed by atoms with E-state index in [4.69, 9.17) is 5.73 Å². The highest BCUT2D eigenvalue weighted by molar-refractivity contribution is 7.99. The molecule has 1 aliphatic carbocycles. The highest BCUT2D eigenvalue weighted by atomic mass is 32.2. The van der Waals surface area contributed by atoms with Crippen LogP contribution >= 0.6 is 11.8 Å². The molecule has 14 heavy (non-hydrogen) atoms. The maximum absolute atomic E-state index is 6.25. The Hall–Kier alpha value is 0.310. The van der Waals surface area contributed by atoms with Gasteiger partial charge in [0.05, 0.1) is 0 Å².